The molecule has 1 aromatic carbocycles. The predicted molar refractivity (Wildman–Crippen MR) is 79.2 cm³/mol. The van der Waals surface area contributed by atoms with E-state index in [4.69, 9.17) is 4.74 Å². The lowest BCUT2D eigenvalue weighted by Crippen LogP contribution is -2.38. The summed E-state index contributed by atoms with van der Waals surface area (Å²) in [6, 6.07) is 7.25. The first-order valence-corrected chi connectivity index (χ1v) is 7.66. The summed E-state index contributed by atoms with van der Waals surface area (Å²) >= 11 is 0. The summed E-state index contributed by atoms with van der Waals surface area (Å²) in [6.07, 6.45) is 6.06. The average Bonchev–Trinajstić information content (AvgIpc) is 2.70. The van der Waals surface area contributed by atoms with Gasteiger partial charge in [-0.05, 0) is 31.4 Å². The molecule has 0 aromatic heterocycles. The number of aliphatic hydroxyl groups is 1. The summed E-state index contributed by atoms with van der Waals surface area (Å²) in [4.78, 5) is 12.7. The molecule has 0 heterocycles. The molecule has 0 aliphatic heterocycles. The van der Waals surface area contributed by atoms with Gasteiger partial charge in [-0.3, -0.25) is 4.79 Å². The highest BCUT2D eigenvalue weighted by Crippen LogP contribution is 2.32. The third-order valence-corrected chi connectivity index (χ3v) is 3.95. The number of carbonyl (C=O) groups is 1. The van der Waals surface area contributed by atoms with Crippen molar-refractivity contribution in [2.24, 2.45) is 0 Å². The molecule has 20 heavy (non-hydrogen) atoms. The van der Waals surface area contributed by atoms with E-state index in [-0.39, 0.29) is 5.78 Å². The second-order valence-corrected chi connectivity index (χ2v) is 5.62. The lowest BCUT2D eigenvalue weighted by molar-refractivity contribution is 0.0235. The molecule has 0 atom stereocenters. The van der Waals surface area contributed by atoms with E-state index in [0.29, 0.717) is 30.8 Å². The van der Waals surface area contributed by atoms with Gasteiger partial charge in [0.1, 0.15) is 11.4 Å². The molecule has 0 saturated heterocycles. The minimum Gasteiger partial charge on any atom is -0.493 e. The number of hydrogen-bond donors (Lipinski definition) is 1. The molecule has 0 amide bonds. The van der Waals surface area contributed by atoms with E-state index < -0.39 is 5.60 Å². The van der Waals surface area contributed by atoms with Gasteiger partial charge in [-0.25, -0.2) is 0 Å². The van der Waals surface area contributed by atoms with Crippen LogP contribution in [0.1, 0.15) is 62.2 Å². The second-order valence-electron chi connectivity index (χ2n) is 5.62. The average molecular weight is 276 g/mol. The number of hydrogen-bond acceptors (Lipinski definition) is 3. The summed E-state index contributed by atoms with van der Waals surface area (Å²) in [5.74, 6) is 0.420. The largest absolute Gasteiger partial charge is 0.493 e. The van der Waals surface area contributed by atoms with Crippen molar-refractivity contribution in [1.29, 1.82) is 0 Å². The van der Waals surface area contributed by atoms with Crippen LogP contribution in [0.4, 0.5) is 0 Å². The maximum Gasteiger partial charge on any atom is 0.198 e. The quantitative estimate of drug-likeness (QED) is 0.658. The predicted octanol–water partition coefficient (Wildman–Crippen LogP) is 3.74. The summed E-state index contributed by atoms with van der Waals surface area (Å²) in [5, 5.41) is 10.7. The number of carbonyl (C=O) groups excluding carboxylic acids is 1. The van der Waals surface area contributed by atoms with Crippen LogP contribution >= 0.6 is 0 Å². The third-order valence-electron chi connectivity index (χ3n) is 3.95. The first-order chi connectivity index (χ1) is 9.67. The van der Waals surface area contributed by atoms with E-state index in [1.165, 1.54) is 0 Å². The Labute approximate surface area is 121 Å². The number of benzene rings is 1. The van der Waals surface area contributed by atoms with Crippen LogP contribution in [0, 0.1) is 0 Å². The van der Waals surface area contributed by atoms with Gasteiger partial charge in [0.2, 0.25) is 0 Å². The van der Waals surface area contributed by atoms with Crippen molar-refractivity contribution in [1.82, 2.24) is 0 Å². The van der Waals surface area contributed by atoms with Gasteiger partial charge in [-0.1, -0.05) is 44.7 Å². The van der Waals surface area contributed by atoms with Crippen molar-refractivity contribution in [3.05, 3.63) is 29.8 Å². The molecule has 0 radical (unpaired) electrons. The van der Waals surface area contributed by atoms with E-state index >= 15 is 0 Å². The van der Waals surface area contributed by atoms with Gasteiger partial charge in [0.25, 0.3) is 0 Å². The van der Waals surface area contributed by atoms with E-state index in [1.807, 2.05) is 25.1 Å². The molecule has 1 saturated carbocycles. The van der Waals surface area contributed by atoms with Crippen molar-refractivity contribution >= 4 is 5.78 Å². The summed E-state index contributed by atoms with van der Waals surface area (Å²) < 4.78 is 5.64. The third kappa shape index (κ3) is 3.40. The maximum atomic E-state index is 12.7. The molecule has 3 heteroatoms. The normalized spacial score (nSPS) is 18.3. The number of ether oxygens (including phenoxy) is 1. The fourth-order valence-corrected chi connectivity index (χ4v) is 2.78. The highest BCUT2D eigenvalue weighted by atomic mass is 16.5. The van der Waals surface area contributed by atoms with Crippen LogP contribution < -0.4 is 4.74 Å². The molecule has 0 unspecified atom stereocenters. The zero-order valence-electron chi connectivity index (χ0n) is 12.2. The maximum absolute atomic E-state index is 12.7. The Bertz CT molecular complexity index is 445. The van der Waals surface area contributed by atoms with Crippen molar-refractivity contribution in [3.8, 4) is 5.75 Å². The van der Waals surface area contributed by atoms with Gasteiger partial charge in [0, 0.05) is 0 Å². The van der Waals surface area contributed by atoms with Gasteiger partial charge in [0.15, 0.2) is 5.78 Å². The number of para-hydroxylation sites is 1. The molecule has 0 spiro atoms. The first kappa shape index (κ1) is 15.0. The van der Waals surface area contributed by atoms with Crippen molar-refractivity contribution in [3.63, 3.8) is 0 Å². The van der Waals surface area contributed by atoms with Gasteiger partial charge in [-0.2, -0.15) is 0 Å². The molecule has 1 fully saturated rings. The van der Waals surface area contributed by atoms with Crippen LogP contribution in [0.25, 0.3) is 0 Å². The minimum atomic E-state index is -1.21. The highest BCUT2D eigenvalue weighted by molar-refractivity contribution is 6.04. The number of ketones is 1. The smallest absolute Gasteiger partial charge is 0.198 e. The Morgan fingerprint density at radius 2 is 1.85 bits per heavy atom. The summed E-state index contributed by atoms with van der Waals surface area (Å²) in [6.45, 7) is 2.62. The Morgan fingerprint density at radius 3 is 2.50 bits per heavy atom. The Hall–Kier alpha value is -1.35. The van der Waals surface area contributed by atoms with Gasteiger partial charge in [-0.15, -0.1) is 0 Å². The molecule has 0 bridgehead atoms. The number of Topliss-reactive ketones (excluding diaryl/α,β-unsaturated/α-hetero) is 1. The van der Waals surface area contributed by atoms with Crippen molar-refractivity contribution in [2.45, 2.75) is 57.5 Å². The zero-order chi connectivity index (χ0) is 14.4. The van der Waals surface area contributed by atoms with Crippen LogP contribution in [0.15, 0.2) is 24.3 Å². The Kier molecular flexibility index (Phi) is 5.18. The Morgan fingerprint density at radius 1 is 1.20 bits per heavy atom. The Balaban J connectivity index is 2.23. The monoisotopic (exact) mass is 276 g/mol. The summed E-state index contributed by atoms with van der Waals surface area (Å²) in [5.41, 5.74) is -0.687. The molecule has 1 N–H and O–H groups in total. The SMILES string of the molecule is CCCOc1ccccc1C(=O)C1(O)CCCCCC1. The molecule has 1 aromatic rings. The molecule has 1 aliphatic carbocycles. The van der Waals surface area contributed by atoms with Crippen LogP contribution in [0.5, 0.6) is 5.75 Å². The summed E-state index contributed by atoms with van der Waals surface area (Å²) in [7, 11) is 0. The highest BCUT2D eigenvalue weighted by Gasteiger charge is 2.37. The fraction of sp³-hybridized carbons (Fsp3) is 0.588. The van der Waals surface area contributed by atoms with Gasteiger partial charge < -0.3 is 9.84 Å². The molecular weight excluding hydrogens is 252 g/mol. The van der Waals surface area contributed by atoms with Gasteiger partial charge in [0.05, 0.1) is 12.2 Å². The molecule has 1 aliphatic rings. The van der Waals surface area contributed by atoms with Crippen molar-refractivity contribution < 1.29 is 14.6 Å². The van der Waals surface area contributed by atoms with E-state index in [9.17, 15) is 9.90 Å². The number of rotatable bonds is 5. The minimum absolute atomic E-state index is 0.175. The van der Waals surface area contributed by atoms with Gasteiger partial charge >= 0.3 is 0 Å². The first-order valence-electron chi connectivity index (χ1n) is 7.66. The fourth-order valence-electron chi connectivity index (χ4n) is 2.78. The topological polar surface area (TPSA) is 46.5 Å². The van der Waals surface area contributed by atoms with E-state index in [0.717, 1.165) is 32.1 Å². The van der Waals surface area contributed by atoms with Crippen molar-refractivity contribution in [2.75, 3.05) is 6.61 Å². The van der Waals surface area contributed by atoms with Crippen LogP contribution in [-0.4, -0.2) is 23.1 Å². The lowest BCUT2D eigenvalue weighted by Gasteiger charge is -2.25. The zero-order valence-corrected chi connectivity index (χ0v) is 12.2. The lowest BCUT2D eigenvalue weighted by atomic mass is 9.86. The molecular formula is C17H24O3. The standard InChI is InChI=1S/C17H24O3/c1-2-13-20-15-10-6-5-9-14(15)16(18)17(19)11-7-3-4-8-12-17/h5-6,9-10,19H,2-4,7-8,11-13H2,1H3. The molecule has 2 rings (SSSR count). The second kappa shape index (κ2) is 6.89. The van der Waals surface area contributed by atoms with Crippen LogP contribution in [0.2, 0.25) is 0 Å². The molecule has 110 valence electrons. The van der Waals surface area contributed by atoms with Crippen LogP contribution in [-0.2, 0) is 0 Å². The molecule has 3 nitrogen and oxygen atoms in total. The van der Waals surface area contributed by atoms with E-state index in [2.05, 4.69) is 0 Å². The van der Waals surface area contributed by atoms with E-state index in [1.54, 1.807) is 6.07 Å². The van der Waals surface area contributed by atoms with Crippen LogP contribution in [0.3, 0.4) is 0 Å².